The number of hydrogen-bond acceptors (Lipinski definition) is 1. The van der Waals surface area contributed by atoms with E-state index in [-0.39, 0.29) is 5.54 Å². The van der Waals surface area contributed by atoms with Gasteiger partial charge in [0.05, 0.1) is 5.54 Å². The largest absolute Gasteiger partial charge is 0.284 e. The Morgan fingerprint density at radius 3 is 2.31 bits per heavy atom. The first-order chi connectivity index (χ1) is 7.54. The molecule has 84 valence electrons. The van der Waals surface area contributed by atoms with E-state index >= 15 is 0 Å². The molecular formula is C15H19N. The Balaban J connectivity index is 2.22. The van der Waals surface area contributed by atoms with E-state index in [0.29, 0.717) is 0 Å². The zero-order valence-electron chi connectivity index (χ0n) is 10.3. The highest BCUT2D eigenvalue weighted by Crippen LogP contribution is 2.27. The number of rotatable bonds is 1. The molecule has 1 aromatic rings. The van der Waals surface area contributed by atoms with Gasteiger partial charge in [-0.2, -0.15) is 0 Å². The SMILES string of the molecule is CC(C)(C)N=C1C=C(c2ccccc2)CC1. The van der Waals surface area contributed by atoms with Crippen LogP contribution in [0, 0.1) is 0 Å². The maximum Gasteiger partial charge on any atom is 0.0527 e. The molecule has 0 aromatic heterocycles. The Morgan fingerprint density at radius 1 is 1.00 bits per heavy atom. The Kier molecular flexibility index (Phi) is 2.95. The molecule has 0 unspecified atom stereocenters. The molecular weight excluding hydrogens is 194 g/mol. The highest BCUT2D eigenvalue weighted by Gasteiger charge is 2.15. The first-order valence-corrected chi connectivity index (χ1v) is 5.89. The molecule has 1 heteroatoms. The van der Waals surface area contributed by atoms with Crippen LogP contribution in [-0.4, -0.2) is 11.3 Å². The average molecular weight is 213 g/mol. The molecule has 2 rings (SSSR count). The summed E-state index contributed by atoms with van der Waals surface area (Å²) in [5.41, 5.74) is 4.04. The summed E-state index contributed by atoms with van der Waals surface area (Å²) in [6.45, 7) is 6.44. The third-order valence-electron chi connectivity index (χ3n) is 2.61. The quantitative estimate of drug-likeness (QED) is 0.666. The molecule has 1 nitrogen and oxygen atoms in total. The van der Waals surface area contributed by atoms with Gasteiger partial charge in [-0.3, -0.25) is 4.99 Å². The Labute approximate surface area is 97.9 Å². The van der Waals surface area contributed by atoms with E-state index in [1.54, 1.807) is 0 Å². The van der Waals surface area contributed by atoms with Gasteiger partial charge >= 0.3 is 0 Å². The fourth-order valence-electron chi connectivity index (χ4n) is 2.01. The second kappa shape index (κ2) is 4.25. The third kappa shape index (κ3) is 2.82. The van der Waals surface area contributed by atoms with E-state index in [9.17, 15) is 0 Å². The van der Waals surface area contributed by atoms with Gasteiger partial charge in [0.15, 0.2) is 0 Å². The van der Waals surface area contributed by atoms with Crippen molar-refractivity contribution in [3.05, 3.63) is 42.0 Å². The van der Waals surface area contributed by atoms with Gasteiger partial charge in [-0.15, -0.1) is 0 Å². The van der Waals surface area contributed by atoms with Crippen molar-refractivity contribution in [3.8, 4) is 0 Å². The standard InChI is InChI=1S/C15H19N/c1-15(2,3)16-14-10-9-13(11-14)12-7-5-4-6-8-12/h4-8,11H,9-10H2,1-3H3. The van der Waals surface area contributed by atoms with Crippen LogP contribution in [-0.2, 0) is 0 Å². The first kappa shape index (κ1) is 11.1. The lowest BCUT2D eigenvalue weighted by Gasteiger charge is -2.12. The summed E-state index contributed by atoms with van der Waals surface area (Å²) < 4.78 is 0. The van der Waals surface area contributed by atoms with E-state index < -0.39 is 0 Å². The summed E-state index contributed by atoms with van der Waals surface area (Å²) in [6.07, 6.45) is 4.46. The molecule has 0 N–H and O–H groups in total. The number of nitrogens with zero attached hydrogens (tertiary/aromatic N) is 1. The Bertz CT molecular complexity index is 418. The van der Waals surface area contributed by atoms with Crippen LogP contribution in [0.2, 0.25) is 0 Å². The molecule has 0 spiro atoms. The lowest BCUT2D eigenvalue weighted by Crippen LogP contribution is -2.12. The van der Waals surface area contributed by atoms with E-state index in [2.05, 4.69) is 57.2 Å². The zero-order chi connectivity index (χ0) is 11.6. The molecule has 1 aliphatic rings. The third-order valence-corrected chi connectivity index (χ3v) is 2.61. The lowest BCUT2D eigenvalue weighted by molar-refractivity contribution is 0.583. The molecule has 0 heterocycles. The van der Waals surface area contributed by atoms with Crippen LogP contribution in [0.3, 0.4) is 0 Å². The van der Waals surface area contributed by atoms with Gasteiger partial charge in [-0.25, -0.2) is 0 Å². The van der Waals surface area contributed by atoms with Crippen molar-refractivity contribution < 1.29 is 0 Å². The van der Waals surface area contributed by atoms with Crippen LogP contribution in [0.25, 0.3) is 5.57 Å². The second-order valence-electron chi connectivity index (χ2n) is 5.31. The number of benzene rings is 1. The average Bonchev–Trinajstić information content (AvgIpc) is 2.65. The van der Waals surface area contributed by atoms with Gasteiger partial charge in [0, 0.05) is 5.71 Å². The second-order valence-corrected chi connectivity index (χ2v) is 5.31. The summed E-state index contributed by atoms with van der Waals surface area (Å²) >= 11 is 0. The monoisotopic (exact) mass is 213 g/mol. The van der Waals surface area contributed by atoms with E-state index in [1.807, 2.05) is 0 Å². The van der Waals surface area contributed by atoms with Gasteiger partial charge in [0.1, 0.15) is 0 Å². The first-order valence-electron chi connectivity index (χ1n) is 5.89. The number of hydrogen-bond donors (Lipinski definition) is 0. The molecule has 0 amide bonds. The van der Waals surface area contributed by atoms with Crippen LogP contribution in [0.1, 0.15) is 39.2 Å². The summed E-state index contributed by atoms with van der Waals surface area (Å²) in [5, 5.41) is 0. The summed E-state index contributed by atoms with van der Waals surface area (Å²) in [7, 11) is 0. The van der Waals surface area contributed by atoms with Crippen molar-refractivity contribution in [2.45, 2.75) is 39.2 Å². The molecule has 0 fully saturated rings. The molecule has 0 atom stereocenters. The van der Waals surface area contributed by atoms with Gasteiger partial charge in [0.25, 0.3) is 0 Å². The maximum atomic E-state index is 4.72. The van der Waals surface area contributed by atoms with Gasteiger partial charge in [0.2, 0.25) is 0 Å². The molecule has 1 aromatic carbocycles. The lowest BCUT2D eigenvalue weighted by atomic mass is 10.1. The fourth-order valence-corrected chi connectivity index (χ4v) is 2.01. The minimum absolute atomic E-state index is 0.0397. The minimum Gasteiger partial charge on any atom is -0.284 e. The smallest absolute Gasteiger partial charge is 0.0527 e. The molecule has 16 heavy (non-hydrogen) atoms. The molecule has 0 aliphatic heterocycles. The van der Waals surface area contributed by atoms with Crippen molar-refractivity contribution in [1.82, 2.24) is 0 Å². The molecule has 0 radical (unpaired) electrons. The van der Waals surface area contributed by atoms with Crippen LogP contribution in [0.4, 0.5) is 0 Å². The van der Waals surface area contributed by atoms with Crippen LogP contribution >= 0.6 is 0 Å². The highest BCUT2D eigenvalue weighted by molar-refractivity contribution is 6.05. The molecule has 0 saturated heterocycles. The van der Waals surface area contributed by atoms with Crippen molar-refractivity contribution >= 4 is 11.3 Å². The molecule has 0 saturated carbocycles. The van der Waals surface area contributed by atoms with E-state index in [0.717, 1.165) is 12.8 Å². The minimum atomic E-state index is 0.0397. The predicted octanol–water partition coefficient (Wildman–Crippen LogP) is 4.10. The van der Waals surface area contributed by atoms with Crippen molar-refractivity contribution in [3.63, 3.8) is 0 Å². The normalized spacial score (nSPS) is 18.9. The summed E-state index contributed by atoms with van der Waals surface area (Å²) in [6, 6.07) is 10.6. The van der Waals surface area contributed by atoms with Crippen molar-refractivity contribution in [2.75, 3.05) is 0 Å². The van der Waals surface area contributed by atoms with Gasteiger partial charge in [-0.1, -0.05) is 30.3 Å². The van der Waals surface area contributed by atoms with Crippen molar-refractivity contribution in [2.24, 2.45) is 4.99 Å². The summed E-state index contributed by atoms with van der Waals surface area (Å²) in [4.78, 5) is 4.72. The zero-order valence-corrected chi connectivity index (χ0v) is 10.3. The molecule has 1 aliphatic carbocycles. The van der Waals surface area contributed by atoms with Gasteiger partial charge < -0.3 is 0 Å². The molecule has 0 bridgehead atoms. The fraction of sp³-hybridized carbons (Fsp3) is 0.400. The van der Waals surface area contributed by atoms with E-state index in [4.69, 9.17) is 4.99 Å². The van der Waals surface area contributed by atoms with E-state index in [1.165, 1.54) is 16.8 Å². The number of aliphatic imine (C=N–C) groups is 1. The van der Waals surface area contributed by atoms with Crippen LogP contribution < -0.4 is 0 Å². The van der Waals surface area contributed by atoms with Gasteiger partial charge in [-0.05, 0) is 50.8 Å². The summed E-state index contributed by atoms with van der Waals surface area (Å²) in [5.74, 6) is 0. The number of allylic oxidation sites excluding steroid dienone is 2. The predicted molar refractivity (Wildman–Crippen MR) is 70.8 cm³/mol. The highest BCUT2D eigenvalue weighted by atomic mass is 14.8. The Hall–Kier alpha value is -1.37. The van der Waals surface area contributed by atoms with Crippen LogP contribution in [0.5, 0.6) is 0 Å². The van der Waals surface area contributed by atoms with Crippen LogP contribution in [0.15, 0.2) is 41.4 Å². The van der Waals surface area contributed by atoms with Crippen molar-refractivity contribution in [1.29, 1.82) is 0 Å². The maximum absolute atomic E-state index is 4.72. The topological polar surface area (TPSA) is 12.4 Å². The Morgan fingerprint density at radius 2 is 1.69 bits per heavy atom.